The number of para-hydroxylation sites is 2. The quantitative estimate of drug-likeness (QED) is 0.457. The number of imidazole rings is 1. The second kappa shape index (κ2) is 6.61. The van der Waals surface area contributed by atoms with Crippen molar-refractivity contribution in [1.82, 2.24) is 15.3 Å². The van der Waals surface area contributed by atoms with Crippen molar-refractivity contribution in [2.45, 2.75) is 18.5 Å². The molecule has 0 radical (unpaired) electrons. The summed E-state index contributed by atoms with van der Waals surface area (Å²) in [6, 6.07) is 8.09. The SMILES string of the molecule is C=C(CNCCC)CSc1nc2ccccc2[nH]1. The van der Waals surface area contributed by atoms with Crippen LogP contribution in [-0.4, -0.2) is 28.8 Å². The highest BCUT2D eigenvalue weighted by Gasteiger charge is 2.03. The fourth-order valence-electron chi connectivity index (χ4n) is 1.66. The molecule has 0 fully saturated rings. The third kappa shape index (κ3) is 3.62. The van der Waals surface area contributed by atoms with Crippen LogP contribution in [0.4, 0.5) is 0 Å². The smallest absolute Gasteiger partial charge is 0.166 e. The zero-order valence-corrected chi connectivity index (χ0v) is 11.5. The van der Waals surface area contributed by atoms with Crippen molar-refractivity contribution in [2.24, 2.45) is 0 Å². The number of hydrogen-bond acceptors (Lipinski definition) is 3. The van der Waals surface area contributed by atoms with Gasteiger partial charge in [0.2, 0.25) is 0 Å². The predicted octanol–water partition coefficient (Wildman–Crippen LogP) is 3.21. The van der Waals surface area contributed by atoms with E-state index >= 15 is 0 Å². The Bertz CT molecular complexity index is 485. The normalized spacial score (nSPS) is 10.9. The predicted molar refractivity (Wildman–Crippen MR) is 79.1 cm³/mol. The molecule has 18 heavy (non-hydrogen) atoms. The van der Waals surface area contributed by atoms with E-state index in [9.17, 15) is 0 Å². The molecule has 1 heterocycles. The van der Waals surface area contributed by atoms with Crippen molar-refractivity contribution < 1.29 is 0 Å². The first-order chi connectivity index (χ1) is 8.79. The van der Waals surface area contributed by atoms with E-state index in [2.05, 4.69) is 28.8 Å². The summed E-state index contributed by atoms with van der Waals surface area (Å²) in [6.45, 7) is 8.18. The van der Waals surface area contributed by atoms with E-state index in [1.807, 2.05) is 24.3 Å². The van der Waals surface area contributed by atoms with E-state index < -0.39 is 0 Å². The molecule has 0 aliphatic carbocycles. The van der Waals surface area contributed by atoms with Crippen molar-refractivity contribution in [1.29, 1.82) is 0 Å². The van der Waals surface area contributed by atoms with Gasteiger partial charge in [-0.3, -0.25) is 0 Å². The van der Waals surface area contributed by atoms with Crippen LogP contribution in [-0.2, 0) is 0 Å². The van der Waals surface area contributed by atoms with Crippen LogP contribution in [0, 0.1) is 0 Å². The van der Waals surface area contributed by atoms with Crippen LogP contribution in [0.3, 0.4) is 0 Å². The fraction of sp³-hybridized carbons (Fsp3) is 0.357. The van der Waals surface area contributed by atoms with Gasteiger partial charge in [0.15, 0.2) is 5.16 Å². The van der Waals surface area contributed by atoms with Crippen LogP contribution in [0.5, 0.6) is 0 Å². The number of fused-ring (bicyclic) bond motifs is 1. The lowest BCUT2D eigenvalue weighted by atomic mass is 10.3. The summed E-state index contributed by atoms with van der Waals surface area (Å²) in [4.78, 5) is 7.84. The van der Waals surface area contributed by atoms with Crippen LogP contribution in [0.15, 0.2) is 41.6 Å². The van der Waals surface area contributed by atoms with Crippen molar-refractivity contribution in [3.05, 3.63) is 36.4 Å². The number of benzene rings is 1. The highest BCUT2D eigenvalue weighted by Crippen LogP contribution is 2.20. The summed E-state index contributed by atoms with van der Waals surface area (Å²) >= 11 is 1.71. The van der Waals surface area contributed by atoms with Gasteiger partial charge in [0.25, 0.3) is 0 Å². The van der Waals surface area contributed by atoms with Gasteiger partial charge in [-0.1, -0.05) is 43.0 Å². The molecule has 0 spiro atoms. The summed E-state index contributed by atoms with van der Waals surface area (Å²) in [5.41, 5.74) is 3.32. The van der Waals surface area contributed by atoms with Gasteiger partial charge in [-0.05, 0) is 25.1 Å². The van der Waals surface area contributed by atoms with E-state index in [4.69, 9.17) is 0 Å². The maximum absolute atomic E-state index is 4.53. The van der Waals surface area contributed by atoms with E-state index in [1.54, 1.807) is 11.8 Å². The van der Waals surface area contributed by atoms with Crippen LogP contribution in [0.1, 0.15) is 13.3 Å². The number of thioether (sulfide) groups is 1. The van der Waals surface area contributed by atoms with Crippen molar-refractivity contribution in [3.8, 4) is 0 Å². The van der Waals surface area contributed by atoms with Gasteiger partial charge < -0.3 is 10.3 Å². The van der Waals surface area contributed by atoms with Gasteiger partial charge in [0, 0.05) is 12.3 Å². The average Bonchev–Trinajstić information content (AvgIpc) is 2.79. The topological polar surface area (TPSA) is 40.7 Å². The maximum atomic E-state index is 4.53. The highest BCUT2D eigenvalue weighted by molar-refractivity contribution is 7.99. The third-order valence-corrected chi connectivity index (χ3v) is 3.60. The Morgan fingerprint density at radius 1 is 1.44 bits per heavy atom. The molecule has 4 heteroatoms. The standard InChI is InChI=1S/C14H19N3S/c1-3-8-15-9-11(2)10-18-14-16-12-6-4-5-7-13(12)17-14/h4-7,15H,2-3,8-10H2,1H3,(H,16,17). The molecular weight excluding hydrogens is 242 g/mol. The van der Waals surface area contributed by atoms with E-state index in [1.165, 1.54) is 5.57 Å². The molecule has 2 rings (SSSR count). The van der Waals surface area contributed by atoms with Crippen LogP contribution < -0.4 is 5.32 Å². The number of nitrogens with one attached hydrogen (secondary N) is 2. The monoisotopic (exact) mass is 261 g/mol. The van der Waals surface area contributed by atoms with Crippen molar-refractivity contribution >= 4 is 22.8 Å². The molecule has 3 nitrogen and oxygen atoms in total. The first-order valence-corrected chi connectivity index (χ1v) is 7.23. The molecule has 0 aliphatic heterocycles. The van der Waals surface area contributed by atoms with Gasteiger partial charge in [-0.25, -0.2) is 4.98 Å². The van der Waals surface area contributed by atoms with Gasteiger partial charge in [-0.15, -0.1) is 0 Å². The largest absolute Gasteiger partial charge is 0.333 e. The molecule has 2 aromatic rings. The number of aromatic nitrogens is 2. The van der Waals surface area contributed by atoms with Gasteiger partial charge in [-0.2, -0.15) is 0 Å². The molecule has 0 saturated heterocycles. The Balaban J connectivity index is 1.84. The zero-order valence-electron chi connectivity index (χ0n) is 10.7. The van der Waals surface area contributed by atoms with E-state index in [0.717, 1.165) is 41.5 Å². The lowest BCUT2D eigenvalue weighted by Crippen LogP contribution is -2.18. The molecule has 96 valence electrons. The van der Waals surface area contributed by atoms with Crippen molar-refractivity contribution in [3.63, 3.8) is 0 Å². The Morgan fingerprint density at radius 2 is 2.28 bits per heavy atom. The minimum absolute atomic E-state index is 0.890. The molecule has 0 saturated carbocycles. The minimum Gasteiger partial charge on any atom is -0.333 e. The summed E-state index contributed by atoms with van der Waals surface area (Å²) in [6.07, 6.45) is 1.16. The number of hydrogen-bond donors (Lipinski definition) is 2. The van der Waals surface area contributed by atoms with Crippen LogP contribution >= 0.6 is 11.8 Å². The van der Waals surface area contributed by atoms with E-state index in [-0.39, 0.29) is 0 Å². The lowest BCUT2D eigenvalue weighted by molar-refractivity contribution is 0.716. The minimum atomic E-state index is 0.890. The summed E-state index contributed by atoms with van der Waals surface area (Å²) in [5.74, 6) is 0.899. The molecular formula is C14H19N3S. The van der Waals surface area contributed by atoms with Gasteiger partial charge in [0.05, 0.1) is 11.0 Å². The van der Waals surface area contributed by atoms with Gasteiger partial charge in [0.1, 0.15) is 0 Å². The molecule has 2 N–H and O–H groups in total. The second-order valence-electron chi connectivity index (χ2n) is 4.27. The van der Waals surface area contributed by atoms with Crippen molar-refractivity contribution in [2.75, 3.05) is 18.8 Å². The van der Waals surface area contributed by atoms with Gasteiger partial charge >= 0.3 is 0 Å². The Kier molecular flexibility index (Phi) is 4.84. The molecule has 0 amide bonds. The number of rotatable bonds is 7. The zero-order chi connectivity index (χ0) is 12.8. The summed E-state index contributed by atoms with van der Waals surface area (Å²) in [7, 11) is 0. The fourth-order valence-corrected chi connectivity index (χ4v) is 2.45. The molecule has 0 bridgehead atoms. The molecule has 0 aliphatic rings. The average molecular weight is 261 g/mol. The first-order valence-electron chi connectivity index (χ1n) is 6.24. The first kappa shape index (κ1) is 13.2. The number of nitrogens with zero attached hydrogens (tertiary/aromatic N) is 1. The summed E-state index contributed by atoms with van der Waals surface area (Å²) < 4.78 is 0. The lowest BCUT2D eigenvalue weighted by Gasteiger charge is -2.05. The Labute approximate surface area is 112 Å². The van der Waals surface area contributed by atoms with E-state index in [0.29, 0.717) is 0 Å². The third-order valence-electron chi connectivity index (χ3n) is 2.58. The van der Waals surface area contributed by atoms with Crippen LogP contribution in [0.25, 0.3) is 11.0 Å². The second-order valence-corrected chi connectivity index (χ2v) is 5.24. The highest BCUT2D eigenvalue weighted by atomic mass is 32.2. The van der Waals surface area contributed by atoms with Crippen LogP contribution in [0.2, 0.25) is 0 Å². The molecule has 1 aromatic carbocycles. The Hall–Kier alpha value is -1.26. The molecule has 0 unspecified atom stereocenters. The number of H-pyrrole nitrogens is 1. The number of aromatic amines is 1. The summed E-state index contributed by atoms with van der Waals surface area (Å²) in [5, 5.41) is 4.32. The Morgan fingerprint density at radius 3 is 3.06 bits per heavy atom. The maximum Gasteiger partial charge on any atom is 0.166 e. The molecule has 1 aromatic heterocycles. The molecule has 0 atom stereocenters.